The molecule has 41 heavy (non-hydrogen) atoms. The summed E-state index contributed by atoms with van der Waals surface area (Å²) in [7, 11) is 1.50. The van der Waals surface area contributed by atoms with Crippen LogP contribution in [-0.4, -0.2) is 13.1 Å². The summed E-state index contributed by atoms with van der Waals surface area (Å²) in [5, 5.41) is 10.9. The Hall–Kier alpha value is -4.71. The van der Waals surface area contributed by atoms with E-state index in [2.05, 4.69) is 6.07 Å². The highest BCUT2D eigenvalue weighted by Crippen LogP contribution is 2.45. The molecule has 2 N–H and O–H groups in total. The van der Waals surface area contributed by atoms with E-state index >= 15 is 0 Å². The van der Waals surface area contributed by atoms with Gasteiger partial charge in [0, 0.05) is 27.2 Å². The van der Waals surface area contributed by atoms with Gasteiger partial charge in [0.2, 0.25) is 5.88 Å². The fourth-order valence-electron chi connectivity index (χ4n) is 4.41. The highest BCUT2D eigenvalue weighted by atomic mass is 35.5. The normalized spacial score (nSPS) is 14.0. The first-order valence-corrected chi connectivity index (χ1v) is 13.0. The molecule has 1 atom stereocenters. The average molecular weight is 591 g/mol. The zero-order chi connectivity index (χ0) is 29.1. The van der Waals surface area contributed by atoms with Crippen LogP contribution in [0.15, 0.2) is 90.3 Å². The first-order valence-electron chi connectivity index (χ1n) is 12.2. The minimum Gasteiger partial charge on any atom is -0.493 e. The van der Waals surface area contributed by atoms with Crippen molar-refractivity contribution in [2.75, 3.05) is 7.11 Å². The van der Waals surface area contributed by atoms with Crippen LogP contribution in [0.2, 0.25) is 10.0 Å². The van der Waals surface area contributed by atoms with Crippen molar-refractivity contribution in [3.63, 3.8) is 0 Å². The van der Waals surface area contributed by atoms with Crippen LogP contribution < -0.4 is 24.7 Å². The standard InChI is InChI=1S/C31H21Cl2FN2O5/c1-38-28-12-17(7-11-26(28)39-16-18-6-8-19(32)13-24(18)33)29-22-10-9-20(14-27(22)41-30(36)23(29)15-35)40-31(37)21-4-2-3-5-25(21)34/h2-14,29H,16,36H2,1H3. The molecule has 0 radical (unpaired) electrons. The Morgan fingerprint density at radius 2 is 1.85 bits per heavy atom. The minimum absolute atomic E-state index is 0.0979. The van der Waals surface area contributed by atoms with Gasteiger partial charge in [-0.1, -0.05) is 53.5 Å². The van der Waals surface area contributed by atoms with Gasteiger partial charge >= 0.3 is 5.97 Å². The lowest BCUT2D eigenvalue weighted by Gasteiger charge is -2.27. The molecule has 10 heteroatoms. The van der Waals surface area contributed by atoms with Gasteiger partial charge in [0.15, 0.2) is 11.5 Å². The van der Waals surface area contributed by atoms with Gasteiger partial charge in [0.25, 0.3) is 0 Å². The van der Waals surface area contributed by atoms with Crippen LogP contribution in [0.3, 0.4) is 0 Å². The number of halogens is 3. The van der Waals surface area contributed by atoms with E-state index in [1.54, 1.807) is 42.5 Å². The third-order valence-corrected chi connectivity index (χ3v) is 7.00. The van der Waals surface area contributed by atoms with Crippen molar-refractivity contribution in [2.24, 2.45) is 5.73 Å². The van der Waals surface area contributed by atoms with Crippen LogP contribution in [-0.2, 0) is 6.61 Å². The van der Waals surface area contributed by atoms with Crippen molar-refractivity contribution >= 4 is 29.2 Å². The highest BCUT2D eigenvalue weighted by molar-refractivity contribution is 6.35. The van der Waals surface area contributed by atoms with Crippen LogP contribution in [0.1, 0.15) is 33.0 Å². The van der Waals surface area contributed by atoms with Crippen molar-refractivity contribution in [1.29, 1.82) is 5.26 Å². The van der Waals surface area contributed by atoms with Crippen molar-refractivity contribution < 1.29 is 28.1 Å². The van der Waals surface area contributed by atoms with Crippen LogP contribution in [0, 0.1) is 17.1 Å². The predicted octanol–water partition coefficient (Wildman–Crippen LogP) is 7.16. The minimum atomic E-state index is -0.864. The molecule has 206 valence electrons. The van der Waals surface area contributed by atoms with Gasteiger partial charge in [-0.05, 0) is 48.0 Å². The second kappa shape index (κ2) is 11.8. The number of rotatable bonds is 7. The SMILES string of the molecule is COc1cc(C2C(C#N)=C(N)Oc3cc(OC(=O)c4ccccc4F)ccc32)ccc1OCc1ccc(Cl)cc1Cl. The molecule has 0 fully saturated rings. The molecule has 1 aliphatic rings. The van der Waals surface area contributed by atoms with E-state index in [9.17, 15) is 14.4 Å². The molecule has 4 aromatic rings. The molecule has 1 unspecified atom stereocenters. The molecule has 0 saturated carbocycles. The van der Waals surface area contributed by atoms with E-state index < -0.39 is 17.7 Å². The molecule has 0 amide bonds. The largest absolute Gasteiger partial charge is 0.493 e. The fourth-order valence-corrected chi connectivity index (χ4v) is 4.87. The lowest BCUT2D eigenvalue weighted by atomic mass is 9.83. The van der Waals surface area contributed by atoms with E-state index in [1.807, 2.05) is 0 Å². The summed E-state index contributed by atoms with van der Waals surface area (Å²) in [5.41, 5.74) is 8.14. The zero-order valence-electron chi connectivity index (χ0n) is 21.5. The lowest BCUT2D eigenvalue weighted by molar-refractivity contribution is 0.0729. The van der Waals surface area contributed by atoms with Crippen LogP contribution in [0.25, 0.3) is 0 Å². The van der Waals surface area contributed by atoms with E-state index in [0.717, 1.165) is 5.56 Å². The monoisotopic (exact) mass is 590 g/mol. The second-order valence-electron chi connectivity index (χ2n) is 8.93. The van der Waals surface area contributed by atoms with Gasteiger partial charge in [-0.15, -0.1) is 0 Å². The summed E-state index contributed by atoms with van der Waals surface area (Å²) in [4.78, 5) is 12.5. The average Bonchev–Trinajstić information content (AvgIpc) is 2.96. The third-order valence-electron chi connectivity index (χ3n) is 6.41. The number of nitrogens with two attached hydrogens (primary N) is 1. The van der Waals surface area contributed by atoms with Crippen molar-refractivity contribution in [3.05, 3.63) is 128 Å². The van der Waals surface area contributed by atoms with Crippen molar-refractivity contribution in [3.8, 4) is 29.1 Å². The Morgan fingerprint density at radius 3 is 2.59 bits per heavy atom. The number of carbonyl (C=O) groups excluding carboxylic acids is 1. The molecule has 0 saturated heterocycles. The first-order chi connectivity index (χ1) is 19.8. The van der Waals surface area contributed by atoms with Gasteiger partial charge in [-0.2, -0.15) is 5.26 Å². The van der Waals surface area contributed by atoms with Crippen LogP contribution in [0.5, 0.6) is 23.0 Å². The molecule has 1 aliphatic heterocycles. The Morgan fingerprint density at radius 1 is 1.05 bits per heavy atom. The molecule has 0 aliphatic carbocycles. The maximum Gasteiger partial charge on any atom is 0.346 e. The van der Waals surface area contributed by atoms with Gasteiger partial charge in [0.1, 0.15) is 35.6 Å². The van der Waals surface area contributed by atoms with E-state index in [-0.39, 0.29) is 35.1 Å². The quantitative estimate of drug-likeness (QED) is 0.180. The number of benzene rings is 4. The Kier molecular flexibility index (Phi) is 8.02. The van der Waals surface area contributed by atoms with E-state index in [4.69, 9.17) is 47.9 Å². The summed E-state index contributed by atoms with van der Waals surface area (Å²) >= 11 is 12.2. The summed E-state index contributed by atoms with van der Waals surface area (Å²) in [6.07, 6.45) is 0. The van der Waals surface area contributed by atoms with Crippen LogP contribution >= 0.6 is 23.2 Å². The topological polar surface area (TPSA) is 104 Å². The molecular weight excluding hydrogens is 570 g/mol. The molecule has 0 aromatic heterocycles. The maximum absolute atomic E-state index is 14.0. The number of nitrogens with zero attached hydrogens (tertiary/aromatic N) is 1. The van der Waals surface area contributed by atoms with E-state index in [0.29, 0.717) is 32.7 Å². The third kappa shape index (κ3) is 5.78. The van der Waals surface area contributed by atoms with Gasteiger partial charge in [-0.3, -0.25) is 0 Å². The molecule has 7 nitrogen and oxygen atoms in total. The fraction of sp³-hybridized carbons (Fsp3) is 0.0968. The van der Waals surface area contributed by atoms with E-state index in [1.165, 1.54) is 43.5 Å². The lowest BCUT2D eigenvalue weighted by Crippen LogP contribution is -2.21. The number of fused-ring (bicyclic) bond motifs is 1. The number of hydrogen-bond acceptors (Lipinski definition) is 7. The first kappa shape index (κ1) is 27.8. The van der Waals surface area contributed by atoms with Gasteiger partial charge in [-0.25, -0.2) is 9.18 Å². The molecule has 1 heterocycles. The van der Waals surface area contributed by atoms with Crippen molar-refractivity contribution in [1.82, 2.24) is 0 Å². The maximum atomic E-state index is 14.0. The summed E-state index contributed by atoms with van der Waals surface area (Å²) in [6, 6.07) is 22.7. The van der Waals surface area contributed by atoms with Gasteiger partial charge in [0.05, 0.1) is 18.6 Å². The zero-order valence-corrected chi connectivity index (χ0v) is 23.0. The second-order valence-corrected chi connectivity index (χ2v) is 9.77. The molecular formula is C31H21Cl2FN2O5. The number of esters is 1. The van der Waals surface area contributed by atoms with Gasteiger partial charge < -0.3 is 24.7 Å². The number of carbonyl (C=O) groups is 1. The number of nitriles is 1. The number of methoxy groups -OCH3 is 1. The van der Waals surface area contributed by atoms with Crippen LogP contribution in [0.4, 0.5) is 4.39 Å². The number of ether oxygens (including phenoxy) is 4. The molecule has 5 rings (SSSR count). The highest BCUT2D eigenvalue weighted by Gasteiger charge is 2.32. The number of allylic oxidation sites excluding steroid dienone is 1. The summed E-state index contributed by atoms with van der Waals surface area (Å²) in [5.74, 6) is -0.999. The smallest absolute Gasteiger partial charge is 0.346 e. The Bertz CT molecular complexity index is 1730. The predicted molar refractivity (Wildman–Crippen MR) is 151 cm³/mol. The molecule has 0 spiro atoms. The summed E-state index contributed by atoms with van der Waals surface area (Å²) in [6.45, 7) is 0.177. The Labute approximate surface area is 245 Å². The molecule has 4 aromatic carbocycles. The summed E-state index contributed by atoms with van der Waals surface area (Å²) < 4.78 is 36.7. The Balaban J connectivity index is 1.44. The van der Waals surface area contributed by atoms with Crippen molar-refractivity contribution in [2.45, 2.75) is 12.5 Å². The number of hydrogen-bond donors (Lipinski definition) is 1. The molecule has 0 bridgehead atoms.